The van der Waals surface area contributed by atoms with Gasteiger partial charge in [-0.3, -0.25) is 4.79 Å². The molecule has 1 N–H and O–H groups in total. The summed E-state index contributed by atoms with van der Waals surface area (Å²) in [5.41, 5.74) is 2.09. The monoisotopic (exact) mass is 301 g/mol. The second kappa shape index (κ2) is 6.48. The van der Waals surface area contributed by atoms with Crippen molar-refractivity contribution in [2.24, 2.45) is 4.99 Å². The predicted molar refractivity (Wildman–Crippen MR) is 80.5 cm³/mol. The maximum atomic E-state index is 11.6. The number of Topliss-reactive ketones (excluding diaryl/α,β-unsaturated/α-hetero) is 1. The van der Waals surface area contributed by atoms with E-state index >= 15 is 0 Å². The molecule has 6 heteroatoms. The molecular formula is C15H15N3O2S. The molecule has 0 amide bonds. The summed E-state index contributed by atoms with van der Waals surface area (Å²) < 4.78 is 1.83. The third kappa shape index (κ3) is 3.27. The fourth-order valence-corrected chi connectivity index (χ4v) is 3.05. The Balaban J connectivity index is 2.55. The van der Waals surface area contributed by atoms with E-state index in [0.29, 0.717) is 27.5 Å². The molecule has 108 valence electrons. The first kappa shape index (κ1) is 15.2. The number of benzene rings is 1. The van der Waals surface area contributed by atoms with Crippen molar-refractivity contribution in [3.8, 4) is 6.07 Å². The third-order valence-electron chi connectivity index (χ3n) is 3.02. The zero-order valence-electron chi connectivity index (χ0n) is 11.8. The first-order chi connectivity index (χ1) is 10.1. The first-order valence-electron chi connectivity index (χ1n) is 6.43. The summed E-state index contributed by atoms with van der Waals surface area (Å²) in [7, 11) is 0. The smallest absolute Gasteiger partial charge is 0.190 e. The molecule has 0 fully saturated rings. The standard InChI is InChI=1S/C15H15N3O2S/c1-10-14(11(2)20)21-15(18(10)7-8-19)17-13-5-3-12(9-16)4-6-13/h3-6,19H,7-8H2,1-2H3. The Morgan fingerprint density at radius 3 is 2.62 bits per heavy atom. The van der Waals surface area contributed by atoms with Crippen LogP contribution in [0.1, 0.15) is 27.9 Å². The van der Waals surface area contributed by atoms with E-state index in [9.17, 15) is 9.90 Å². The summed E-state index contributed by atoms with van der Waals surface area (Å²) in [5, 5.41) is 18.0. The Bertz CT molecular complexity index is 764. The van der Waals surface area contributed by atoms with Gasteiger partial charge in [0.2, 0.25) is 0 Å². The molecule has 0 unspecified atom stereocenters. The summed E-state index contributed by atoms with van der Waals surface area (Å²) in [6, 6.07) is 8.96. The fourth-order valence-electron chi connectivity index (χ4n) is 1.98. The molecule has 0 saturated carbocycles. The van der Waals surface area contributed by atoms with Gasteiger partial charge < -0.3 is 9.67 Å². The van der Waals surface area contributed by atoms with E-state index in [-0.39, 0.29) is 12.4 Å². The number of hydrogen-bond donors (Lipinski definition) is 1. The van der Waals surface area contributed by atoms with Gasteiger partial charge in [-0.15, -0.1) is 0 Å². The van der Waals surface area contributed by atoms with Gasteiger partial charge in [0.05, 0.1) is 28.8 Å². The van der Waals surface area contributed by atoms with Crippen LogP contribution >= 0.6 is 11.3 Å². The minimum Gasteiger partial charge on any atom is -0.395 e. The van der Waals surface area contributed by atoms with Gasteiger partial charge in [0.15, 0.2) is 10.6 Å². The zero-order valence-corrected chi connectivity index (χ0v) is 12.6. The van der Waals surface area contributed by atoms with Gasteiger partial charge >= 0.3 is 0 Å². The lowest BCUT2D eigenvalue weighted by Gasteiger charge is -2.03. The van der Waals surface area contributed by atoms with Crippen LogP contribution in [0.2, 0.25) is 0 Å². The van der Waals surface area contributed by atoms with E-state index in [1.165, 1.54) is 18.3 Å². The van der Waals surface area contributed by atoms with Crippen molar-refractivity contribution in [3.63, 3.8) is 0 Å². The van der Waals surface area contributed by atoms with Crippen LogP contribution in [-0.2, 0) is 6.54 Å². The normalized spacial score (nSPS) is 11.4. The molecule has 1 aromatic carbocycles. The van der Waals surface area contributed by atoms with E-state index < -0.39 is 0 Å². The van der Waals surface area contributed by atoms with Crippen LogP contribution in [0.25, 0.3) is 0 Å². The van der Waals surface area contributed by atoms with Crippen LogP contribution in [0, 0.1) is 18.3 Å². The number of aliphatic hydroxyl groups is 1. The molecule has 0 aliphatic heterocycles. The summed E-state index contributed by atoms with van der Waals surface area (Å²) in [6.07, 6.45) is 0. The molecule has 0 saturated heterocycles. The summed E-state index contributed by atoms with van der Waals surface area (Å²) >= 11 is 1.31. The molecule has 1 heterocycles. The number of carbonyl (C=O) groups is 1. The van der Waals surface area contributed by atoms with E-state index in [1.807, 2.05) is 11.5 Å². The molecule has 0 atom stereocenters. The van der Waals surface area contributed by atoms with Crippen molar-refractivity contribution >= 4 is 22.8 Å². The number of carbonyl (C=O) groups excluding carboxylic acids is 1. The van der Waals surface area contributed by atoms with Gasteiger partial charge in [-0.05, 0) is 31.2 Å². The number of rotatable bonds is 4. The SMILES string of the molecule is CC(=O)c1sc(=Nc2ccc(C#N)cc2)n(CCO)c1C. The maximum Gasteiger partial charge on any atom is 0.190 e. The van der Waals surface area contributed by atoms with Gasteiger partial charge in [0.25, 0.3) is 0 Å². The Morgan fingerprint density at radius 1 is 1.43 bits per heavy atom. The second-order valence-electron chi connectivity index (χ2n) is 4.50. The van der Waals surface area contributed by atoms with Gasteiger partial charge in [0, 0.05) is 19.2 Å². The van der Waals surface area contributed by atoms with E-state index in [0.717, 1.165) is 5.69 Å². The topological polar surface area (TPSA) is 78.4 Å². The van der Waals surface area contributed by atoms with Crippen LogP contribution in [0.15, 0.2) is 29.3 Å². The minimum atomic E-state index is -0.0184. The van der Waals surface area contributed by atoms with E-state index in [2.05, 4.69) is 11.1 Å². The average molecular weight is 301 g/mol. The number of hydrogen-bond acceptors (Lipinski definition) is 5. The van der Waals surface area contributed by atoms with Crippen LogP contribution in [0.5, 0.6) is 0 Å². The number of nitriles is 1. The lowest BCUT2D eigenvalue weighted by Crippen LogP contribution is -2.18. The predicted octanol–water partition coefficient (Wildman–Crippen LogP) is 2.16. The molecule has 0 aliphatic carbocycles. The highest BCUT2D eigenvalue weighted by Gasteiger charge is 2.13. The van der Waals surface area contributed by atoms with Crippen LogP contribution < -0.4 is 4.80 Å². The quantitative estimate of drug-likeness (QED) is 0.879. The van der Waals surface area contributed by atoms with Crippen molar-refractivity contribution in [2.75, 3.05) is 6.61 Å². The molecule has 2 aromatic rings. The molecule has 0 spiro atoms. The highest BCUT2D eigenvalue weighted by Crippen LogP contribution is 2.16. The van der Waals surface area contributed by atoms with Crippen LogP contribution in [0.4, 0.5) is 5.69 Å². The number of ketones is 1. The molecule has 5 nitrogen and oxygen atoms in total. The summed E-state index contributed by atoms with van der Waals surface area (Å²) in [5.74, 6) is -0.00883. The lowest BCUT2D eigenvalue weighted by atomic mass is 10.2. The third-order valence-corrected chi connectivity index (χ3v) is 4.30. The van der Waals surface area contributed by atoms with Crippen molar-refractivity contribution < 1.29 is 9.90 Å². The lowest BCUT2D eigenvalue weighted by molar-refractivity contribution is 0.102. The van der Waals surface area contributed by atoms with Crippen molar-refractivity contribution in [1.29, 1.82) is 5.26 Å². The van der Waals surface area contributed by atoms with Gasteiger partial charge in [0.1, 0.15) is 0 Å². The van der Waals surface area contributed by atoms with Crippen molar-refractivity contribution in [3.05, 3.63) is 45.2 Å². The summed E-state index contributed by atoms with van der Waals surface area (Å²) in [4.78, 5) is 17.4. The maximum absolute atomic E-state index is 11.6. The first-order valence-corrected chi connectivity index (χ1v) is 7.25. The Morgan fingerprint density at radius 2 is 2.10 bits per heavy atom. The highest BCUT2D eigenvalue weighted by molar-refractivity contribution is 7.11. The number of aliphatic hydroxyl groups excluding tert-OH is 1. The van der Waals surface area contributed by atoms with Gasteiger partial charge in [-0.25, -0.2) is 4.99 Å². The van der Waals surface area contributed by atoms with E-state index in [4.69, 9.17) is 5.26 Å². The Labute approximate surface area is 126 Å². The van der Waals surface area contributed by atoms with Gasteiger partial charge in [-0.2, -0.15) is 5.26 Å². The number of aromatic nitrogens is 1. The van der Waals surface area contributed by atoms with E-state index in [1.54, 1.807) is 24.3 Å². The Kier molecular flexibility index (Phi) is 4.68. The van der Waals surface area contributed by atoms with Gasteiger partial charge in [-0.1, -0.05) is 11.3 Å². The Hall–Kier alpha value is -2.23. The van der Waals surface area contributed by atoms with Crippen LogP contribution in [0.3, 0.4) is 0 Å². The molecule has 0 bridgehead atoms. The van der Waals surface area contributed by atoms with Crippen molar-refractivity contribution in [2.45, 2.75) is 20.4 Å². The average Bonchev–Trinajstić information content (AvgIpc) is 2.78. The number of thiazole rings is 1. The molecule has 2 rings (SSSR count). The summed E-state index contributed by atoms with van der Waals surface area (Å²) in [6.45, 7) is 3.74. The molecule has 0 aliphatic rings. The minimum absolute atomic E-state index is 0.00883. The zero-order chi connectivity index (χ0) is 15.4. The molecular weight excluding hydrogens is 286 g/mol. The van der Waals surface area contributed by atoms with Crippen molar-refractivity contribution in [1.82, 2.24) is 4.57 Å². The fraction of sp³-hybridized carbons (Fsp3) is 0.267. The molecule has 0 radical (unpaired) electrons. The van der Waals surface area contributed by atoms with Crippen LogP contribution in [-0.4, -0.2) is 22.1 Å². The highest BCUT2D eigenvalue weighted by atomic mass is 32.1. The largest absolute Gasteiger partial charge is 0.395 e. The second-order valence-corrected chi connectivity index (χ2v) is 5.48. The molecule has 1 aromatic heterocycles. The molecule has 21 heavy (non-hydrogen) atoms. The number of nitrogens with zero attached hydrogens (tertiary/aromatic N) is 3.